The molecule has 106 valence electrons. The Labute approximate surface area is 117 Å². The van der Waals surface area contributed by atoms with Crippen LogP contribution in [0.4, 0.5) is 5.69 Å². The Morgan fingerprint density at radius 3 is 2.21 bits per heavy atom. The van der Waals surface area contributed by atoms with E-state index in [2.05, 4.69) is 4.99 Å². The van der Waals surface area contributed by atoms with E-state index in [0.29, 0.717) is 0 Å². The third kappa shape index (κ3) is 3.91. The van der Waals surface area contributed by atoms with Gasteiger partial charge in [0.25, 0.3) is 5.91 Å². The summed E-state index contributed by atoms with van der Waals surface area (Å²) in [6, 6.07) is 7.56. The number of hydrogen-bond acceptors (Lipinski definition) is 2. The van der Waals surface area contributed by atoms with Gasteiger partial charge in [0.05, 0.1) is 5.69 Å². The minimum atomic E-state index is -0.289. The van der Waals surface area contributed by atoms with Crippen molar-refractivity contribution in [2.24, 2.45) is 4.99 Å². The Hall–Kier alpha value is -1.64. The fourth-order valence-electron chi connectivity index (χ4n) is 1.89. The van der Waals surface area contributed by atoms with Crippen molar-refractivity contribution in [3.05, 3.63) is 29.8 Å². The van der Waals surface area contributed by atoms with Gasteiger partial charge in [0.1, 0.15) is 6.04 Å². The van der Waals surface area contributed by atoms with Gasteiger partial charge in [0.2, 0.25) is 0 Å². The summed E-state index contributed by atoms with van der Waals surface area (Å²) in [5.74, 6) is 0.0410. The number of rotatable bonds is 0. The van der Waals surface area contributed by atoms with E-state index in [1.807, 2.05) is 65.8 Å². The molecule has 1 aliphatic rings. The number of para-hydroxylation sites is 1. The zero-order valence-electron chi connectivity index (χ0n) is 13.2. The number of nitrogens with zero attached hydrogens (tertiary/aromatic N) is 2. The van der Waals surface area contributed by atoms with E-state index in [0.717, 1.165) is 17.0 Å². The second-order valence-electron chi connectivity index (χ2n) is 3.80. The summed E-state index contributed by atoms with van der Waals surface area (Å²) in [5.41, 5.74) is 2.90. The highest BCUT2D eigenvalue weighted by molar-refractivity contribution is 6.11. The Morgan fingerprint density at radius 1 is 1.11 bits per heavy atom. The topological polar surface area (TPSA) is 32.7 Å². The Morgan fingerprint density at radius 2 is 1.63 bits per heavy atom. The van der Waals surface area contributed by atoms with Crippen LogP contribution in [0.25, 0.3) is 0 Å². The number of benzodiazepines with no additional fused rings is 1. The average Bonchev–Trinajstić information content (AvgIpc) is 2.56. The number of aliphatic imine (C=N–C) groups is 1. The molecule has 1 aromatic carbocycles. The standard InChI is InChI=1S/C12H14N2O.2C2H6/c1-8-10-6-4-5-7-11(10)14(3)12(15)9(2)13-8;2*1-2/h4-7,9H,1-3H3;2*1-2H3. The van der Waals surface area contributed by atoms with E-state index in [1.54, 1.807) is 11.9 Å². The van der Waals surface area contributed by atoms with E-state index < -0.39 is 0 Å². The summed E-state index contributed by atoms with van der Waals surface area (Å²) < 4.78 is 0. The van der Waals surface area contributed by atoms with Gasteiger partial charge in [-0.1, -0.05) is 45.9 Å². The molecule has 1 unspecified atom stereocenters. The van der Waals surface area contributed by atoms with Gasteiger partial charge in [0.15, 0.2) is 0 Å². The lowest BCUT2D eigenvalue weighted by Crippen LogP contribution is -2.32. The van der Waals surface area contributed by atoms with Crippen molar-refractivity contribution >= 4 is 17.3 Å². The number of benzene rings is 1. The number of amides is 1. The van der Waals surface area contributed by atoms with E-state index >= 15 is 0 Å². The van der Waals surface area contributed by atoms with Crippen LogP contribution < -0.4 is 4.90 Å². The minimum absolute atomic E-state index is 0.0410. The number of fused-ring (bicyclic) bond motifs is 1. The van der Waals surface area contributed by atoms with Crippen LogP contribution in [0.3, 0.4) is 0 Å². The van der Waals surface area contributed by atoms with Crippen LogP contribution in [0.15, 0.2) is 29.3 Å². The van der Waals surface area contributed by atoms with Gasteiger partial charge in [-0.15, -0.1) is 0 Å². The number of carbonyl (C=O) groups is 1. The smallest absolute Gasteiger partial charge is 0.251 e. The first-order chi connectivity index (χ1) is 9.11. The molecule has 0 N–H and O–H groups in total. The zero-order valence-corrected chi connectivity index (χ0v) is 13.2. The molecular weight excluding hydrogens is 236 g/mol. The minimum Gasteiger partial charge on any atom is -0.313 e. The summed E-state index contributed by atoms with van der Waals surface area (Å²) in [6.07, 6.45) is 0. The number of hydrogen-bond donors (Lipinski definition) is 0. The van der Waals surface area contributed by atoms with E-state index in [-0.39, 0.29) is 11.9 Å². The molecule has 0 saturated carbocycles. The number of likely N-dealkylation sites (N-methyl/N-ethyl adjacent to an activating group) is 1. The lowest BCUT2D eigenvalue weighted by molar-refractivity contribution is -0.119. The van der Waals surface area contributed by atoms with Crippen molar-refractivity contribution in [2.75, 3.05) is 11.9 Å². The second-order valence-corrected chi connectivity index (χ2v) is 3.80. The molecule has 2 rings (SSSR count). The third-order valence-electron chi connectivity index (χ3n) is 2.73. The van der Waals surface area contributed by atoms with Crippen molar-refractivity contribution in [2.45, 2.75) is 47.6 Å². The Bertz CT molecular complexity index is 438. The number of anilines is 1. The third-order valence-corrected chi connectivity index (χ3v) is 2.73. The summed E-state index contributed by atoms with van der Waals surface area (Å²) in [5, 5.41) is 0. The maximum absolute atomic E-state index is 11.9. The fourth-order valence-corrected chi connectivity index (χ4v) is 1.89. The first-order valence-electron chi connectivity index (χ1n) is 7.02. The summed E-state index contributed by atoms with van der Waals surface area (Å²) in [6.45, 7) is 11.8. The Kier molecular flexibility index (Phi) is 7.73. The average molecular weight is 262 g/mol. The predicted molar refractivity (Wildman–Crippen MR) is 84.2 cm³/mol. The molecule has 0 radical (unpaired) electrons. The molecule has 19 heavy (non-hydrogen) atoms. The second kappa shape index (κ2) is 8.46. The highest BCUT2D eigenvalue weighted by atomic mass is 16.2. The lowest BCUT2D eigenvalue weighted by atomic mass is 10.1. The summed E-state index contributed by atoms with van der Waals surface area (Å²) in [4.78, 5) is 17.9. The summed E-state index contributed by atoms with van der Waals surface area (Å²) >= 11 is 0. The zero-order chi connectivity index (χ0) is 15.0. The predicted octanol–water partition coefficient (Wildman–Crippen LogP) is 3.91. The first-order valence-corrected chi connectivity index (χ1v) is 7.02. The molecule has 0 aromatic heterocycles. The van der Waals surface area contributed by atoms with E-state index in [1.165, 1.54) is 0 Å². The fraction of sp³-hybridized carbons (Fsp3) is 0.500. The monoisotopic (exact) mass is 262 g/mol. The molecule has 1 amide bonds. The van der Waals surface area contributed by atoms with Crippen LogP contribution in [0.5, 0.6) is 0 Å². The lowest BCUT2D eigenvalue weighted by Gasteiger charge is -2.18. The SMILES string of the molecule is CC.CC.CC1=NC(C)C(=O)N(C)c2ccccc21. The van der Waals surface area contributed by atoms with Gasteiger partial charge >= 0.3 is 0 Å². The van der Waals surface area contributed by atoms with Crippen LogP contribution in [0.2, 0.25) is 0 Å². The molecule has 0 bridgehead atoms. The molecule has 0 spiro atoms. The van der Waals surface area contributed by atoms with Crippen molar-refractivity contribution in [3.63, 3.8) is 0 Å². The number of carbonyl (C=O) groups excluding carboxylic acids is 1. The van der Waals surface area contributed by atoms with Gasteiger partial charge < -0.3 is 4.90 Å². The Balaban J connectivity index is 0.000000741. The van der Waals surface area contributed by atoms with Gasteiger partial charge in [-0.05, 0) is 19.9 Å². The van der Waals surface area contributed by atoms with E-state index in [9.17, 15) is 4.79 Å². The van der Waals surface area contributed by atoms with Gasteiger partial charge in [-0.3, -0.25) is 9.79 Å². The summed E-state index contributed by atoms with van der Waals surface area (Å²) in [7, 11) is 1.80. The molecule has 1 aliphatic heterocycles. The van der Waals surface area contributed by atoms with Crippen molar-refractivity contribution in [3.8, 4) is 0 Å². The highest BCUT2D eigenvalue weighted by Gasteiger charge is 2.24. The van der Waals surface area contributed by atoms with Crippen molar-refractivity contribution in [1.29, 1.82) is 0 Å². The molecule has 3 heteroatoms. The van der Waals surface area contributed by atoms with Gasteiger partial charge in [-0.2, -0.15) is 0 Å². The maximum Gasteiger partial charge on any atom is 0.251 e. The van der Waals surface area contributed by atoms with Crippen molar-refractivity contribution in [1.82, 2.24) is 0 Å². The van der Waals surface area contributed by atoms with Crippen LogP contribution in [-0.2, 0) is 4.79 Å². The van der Waals surface area contributed by atoms with Gasteiger partial charge in [-0.25, -0.2) is 0 Å². The van der Waals surface area contributed by atoms with Crippen LogP contribution >= 0.6 is 0 Å². The van der Waals surface area contributed by atoms with Crippen LogP contribution in [0, 0.1) is 0 Å². The van der Waals surface area contributed by atoms with E-state index in [4.69, 9.17) is 0 Å². The quantitative estimate of drug-likeness (QED) is 0.697. The normalized spacial score (nSPS) is 17.0. The molecule has 1 aromatic rings. The van der Waals surface area contributed by atoms with Crippen molar-refractivity contribution < 1.29 is 4.79 Å². The molecule has 1 atom stereocenters. The van der Waals surface area contributed by atoms with Crippen LogP contribution in [0.1, 0.15) is 47.1 Å². The molecule has 0 saturated heterocycles. The first kappa shape index (κ1) is 17.4. The van der Waals surface area contributed by atoms with Crippen LogP contribution in [-0.4, -0.2) is 24.7 Å². The molecule has 0 aliphatic carbocycles. The molecular formula is C16H26N2O. The molecule has 0 fully saturated rings. The van der Waals surface area contributed by atoms with Gasteiger partial charge in [0, 0.05) is 18.3 Å². The largest absolute Gasteiger partial charge is 0.313 e. The maximum atomic E-state index is 11.9. The molecule has 3 nitrogen and oxygen atoms in total. The highest BCUT2D eigenvalue weighted by Crippen LogP contribution is 2.24. The molecule has 1 heterocycles.